The molecule has 1 N–H and O–H groups in total. The van der Waals surface area contributed by atoms with Crippen LogP contribution >= 0.6 is 11.6 Å². The molecular formula is C23H18ClNO4. The Kier molecular flexibility index (Phi) is 6.10. The molecule has 0 saturated carbocycles. The van der Waals surface area contributed by atoms with Gasteiger partial charge in [-0.3, -0.25) is 9.59 Å². The monoisotopic (exact) mass is 407 g/mol. The van der Waals surface area contributed by atoms with Gasteiger partial charge >= 0.3 is 5.97 Å². The van der Waals surface area contributed by atoms with Crippen molar-refractivity contribution in [2.24, 2.45) is 0 Å². The Morgan fingerprint density at radius 3 is 2.48 bits per heavy atom. The van der Waals surface area contributed by atoms with E-state index < -0.39 is 5.97 Å². The number of carboxylic acids is 1. The second kappa shape index (κ2) is 8.71. The number of aromatic nitrogens is 1. The molecule has 3 aromatic rings. The predicted octanol–water partition coefficient (Wildman–Crippen LogP) is 4.91. The van der Waals surface area contributed by atoms with Gasteiger partial charge in [-0.25, -0.2) is 4.79 Å². The molecule has 2 aromatic carbocycles. The third-order valence-corrected chi connectivity index (χ3v) is 4.68. The molecular weight excluding hydrogens is 390 g/mol. The highest BCUT2D eigenvalue weighted by atomic mass is 35.5. The van der Waals surface area contributed by atoms with Gasteiger partial charge in [0, 0.05) is 28.9 Å². The Bertz CT molecular complexity index is 1110. The van der Waals surface area contributed by atoms with E-state index in [1.807, 2.05) is 19.1 Å². The lowest BCUT2D eigenvalue weighted by molar-refractivity contribution is 0.0696. The molecule has 0 amide bonds. The second-order valence-corrected chi connectivity index (χ2v) is 7.00. The summed E-state index contributed by atoms with van der Waals surface area (Å²) in [6, 6.07) is 13.4. The zero-order valence-electron chi connectivity index (χ0n) is 15.6. The predicted molar refractivity (Wildman–Crippen MR) is 112 cm³/mol. The molecule has 3 rings (SSSR count). The van der Waals surface area contributed by atoms with E-state index in [2.05, 4.69) is 0 Å². The maximum Gasteiger partial charge on any atom is 0.336 e. The summed E-state index contributed by atoms with van der Waals surface area (Å²) in [6.45, 7) is 2.23. The summed E-state index contributed by atoms with van der Waals surface area (Å²) >= 11 is 5.87. The van der Waals surface area contributed by atoms with Crippen molar-refractivity contribution >= 4 is 35.7 Å². The first kappa shape index (κ1) is 20.3. The van der Waals surface area contributed by atoms with E-state index in [9.17, 15) is 19.5 Å². The van der Waals surface area contributed by atoms with Crippen LogP contribution in [0.3, 0.4) is 0 Å². The van der Waals surface area contributed by atoms with Gasteiger partial charge in [0.2, 0.25) is 5.78 Å². The number of aromatic carboxylic acids is 1. The standard InChI is InChI=1S/C23H18ClNO4/c1-15-4-6-18(7-5-15)22(27)21-11-16(14-26)13-25(21)10-2-3-17-8-9-19(24)12-20(17)23(28)29/h2-9,11-14H,10H2,1H3,(H,28,29)/b3-2+. The molecule has 0 aliphatic rings. The number of hydrogen-bond acceptors (Lipinski definition) is 3. The van der Waals surface area contributed by atoms with Crippen LogP contribution in [0.2, 0.25) is 5.02 Å². The lowest BCUT2D eigenvalue weighted by Gasteiger charge is -2.07. The van der Waals surface area contributed by atoms with Gasteiger partial charge in [-0.2, -0.15) is 0 Å². The molecule has 6 heteroatoms. The van der Waals surface area contributed by atoms with Crippen LogP contribution in [0.15, 0.2) is 60.8 Å². The third-order valence-electron chi connectivity index (χ3n) is 4.45. The number of rotatable bonds is 7. The summed E-state index contributed by atoms with van der Waals surface area (Å²) < 4.78 is 1.67. The maximum absolute atomic E-state index is 12.9. The molecule has 0 radical (unpaired) electrons. The number of hydrogen-bond donors (Lipinski definition) is 1. The minimum atomic E-state index is -1.08. The fraction of sp³-hybridized carbons (Fsp3) is 0.0870. The summed E-state index contributed by atoms with van der Waals surface area (Å²) in [4.78, 5) is 35.5. The molecule has 0 atom stereocenters. The summed E-state index contributed by atoms with van der Waals surface area (Å²) in [5.41, 5.74) is 2.94. The molecule has 0 aliphatic heterocycles. The van der Waals surface area contributed by atoms with Crippen LogP contribution in [-0.4, -0.2) is 27.7 Å². The van der Waals surface area contributed by atoms with Crippen LogP contribution in [0.4, 0.5) is 0 Å². The highest BCUT2D eigenvalue weighted by Gasteiger charge is 2.15. The summed E-state index contributed by atoms with van der Waals surface area (Å²) in [5.74, 6) is -1.27. The summed E-state index contributed by atoms with van der Waals surface area (Å²) in [6.07, 6.45) is 5.67. The number of allylic oxidation sites excluding steroid dienone is 1. The van der Waals surface area contributed by atoms with E-state index in [0.29, 0.717) is 40.2 Å². The molecule has 0 aliphatic carbocycles. The Labute approximate surface area is 172 Å². The highest BCUT2D eigenvalue weighted by Crippen LogP contribution is 2.19. The first-order chi connectivity index (χ1) is 13.9. The van der Waals surface area contributed by atoms with Crippen LogP contribution < -0.4 is 0 Å². The van der Waals surface area contributed by atoms with E-state index in [-0.39, 0.29) is 11.3 Å². The van der Waals surface area contributed by atoms with E-state index in [1.54, 1.807) is 53.2 Å². The van der Waals surface area contributed by atoms with Gasteiger partial charge in [-0.15, -0.1) is 0 Å². The lowest BCUT2D eigenvalue weighted by Crippen LogP contribution is -2.09. The van der Waals surface area contributed by atoms with Gasteiger partial charge in [0.1, 0.15) is 0 Å². The van der Waals surface area contributed by atoms with Crippen molar-refractivity contribution in [1.82, 2.24) is 4.57 Å². The number of carbonyl (C=O) groups is 3. The Hall–Kier alpha value is -3.44. The number of aldehydes is 1. The van der Waals surface area contributed by atoms with E-state index >= 15 is 0 Å². The zero-order valence-corrected chi connectivity index (χ0v) is 16.4. The van der Waals surface area contributed by atoms with Gasteiger partial charge in [0.05, 0.1) is 11.3 Å². The third kappa shape index (κ3) is 4.70. The highest BCUT2D eigenvalue weighted by molar-refractivity contribution is 6.31. The number of carboxylic acid groups (broad SMARTS) is 1. The SMILES string of the molecule is Cc1ccc(C(=O)c2cc(C=O)cn2C/C=C/c2ccc(Cl)cc2C(=O)O)cc1. The molecule has 0 spiro atoms. The number of nitrogens with zero attached hydrogens (tertiary/aromatic N) is 1. The number of halogens is 1. The van der Waals surface area contributed by atoms with Crippen molar-refractivity contribution in [2.75, 3.05) is 0 Å². The minimum absolute atomic E-state index is 0.0887. The largest absolute Gasteiger partial charge is 0.478 e. The number of benzene rings is 2. The zero-order chi connectivity index (χ0) is 21.0. The van der Waals surface area contributed by atoms with Crippen molar-refractivity contribution in [3.05, 3.63) is 99.3 Å². The smallest absolute Gasteiger partial charge is 0.336 e. The van der Waals surface area contributed by atoms with Crippen LogP contribution in [0.25, 0.3) is 6.08 Å². The normalized spacial score (nSPS) is 11.0. The van der Waals surface area contributed by atoms with Crippen molar-refractivity contribution in [3.8, 4) is 0 Å². The molecule has 0 bridgehead atoms. The van der Waals surface area contributed by atoms with E-state index in [4.69, 9.17) is 11.6 Å². The Morgan fingerprint density at radius 2 is 1.83 bits per heavy atom. The number of ketones is 1. The van der Waals surface area contributed by atoms with Crippen molar-refractivity contribution in [1.29, 1.82) is 0 Å². The summed E-state index contributed by atoms with van der Waals surface area (Å²) in [7, 11) is 0. The van der Waals surface area contributed by atoms with Crippen LogP contribution in [-0.2, 0) is 6.54 Å². The van der Waals surface area contributed by atoms with E-state index in [1.165, 1.54) is 6.07 Å². The Balaban J connectivity index is 1.88. The second-order valence-electron chi connectivity index (χ2n) is 6.56. The van der Waals surface area contributed by atoms with Crippen molar-refractivity contribution < 1.29 is 19.5 Å². The molecule has 0 saturated heterocycles. The first-order valence-corrected chi connectivity index (χ1v) is 9.23. The number of carbonyl (C=O) groups excluding carboxylic acids is 2. The van der Waals surface area contributed by atoms with Gasteiger partial charge in [-0.05, 0) is 30.7 Å². The topological polar surface area (TPSA) is 76.4 Å². The molecule has 1 aromatic heterocycles. The molecule has 0 unspecified atom stereocenters. The van der Waals surface area contributed by atoms with Crippen LogP contribution in [0.1, 0.15) is 47.9 Å². The summed E-state index contributed by atoms with van der Waals surface area (Å²) in [5, 5.41) is 9.66. The van der Waals surface area contributed by atoms with Gasteiger partial charge < -0.3 is 9.67 Å². The fourth-order valence-electron chi connectivity index (χ4n) is 2.94. The molecule has 5 nitrogen and oxygen atoms in total. The van der Waals surface area contributed by atoms with Gasteiger partial charge in [0.25, 0.3) is 0 Å². The molecule has 146 valence electrons. The fourth-order valence-corrected chi connectivity index (χ4v) is 3.12. The molecule has 0 fully saturated rings. The Morgan fingerprint density at radius 1 is 1.10 bits per heavy atom. The molecule has 1 heterocycles. The average Bonchev–Trinajstić information content (AvgIpc) is 3.12. The van der Waals surface area contributed by atoms with E-state index in [0.717, 1.165) is 5.56 Å². The lowest BCUT2D eigenvalue weighted by atomic mass is 10.1. The molecule has 29 heavy (non-hydrogen) atoms. The van der Waals surface area contributed by atoms with Crippen LogP contribution in [0.5, 0.6) is 0 Å². The van der Waals surface area contributed by atoms with Crippen molar-refractivity contribution in [3.63, 3.8) is 0 Å². The minimum Gasteiger partial charge on any atom is -0.478 e. The average molecular weight is 408 g/mol. The first-order valence-electron chi connectivity index (χ1n) is 8.85. The quantitative estimate of drug-likeness (QED) is 0.446. The van der Waals surface area contributed by atoms with Gasteiger partial charge in [0.15, 0.2) is 6.29 Å². The van der Waals surface area contributed by atoms with Crippen LogP contribution in [0, 0.1) is 6.92 Å². The van der Waals surface area contributed by atoms with Crippen molar-refractivity contribution in [2.45, 2.75) is 13.5 Å². The number of aryl methyl sites for hydroxylation is 1. The maximum atomic E-state index is 12.9. The van der Waals surface area contributed by atoms with Gasteiger partial charge in [-0.1, -0.05) is 59.6 Å².